The third kappa shape index (κ3) is 2.97. The van der Waals surface area contributed by atoms with Crippen molar-refractivity contribution in [3.8, 4) is 0 Å². The first-order valence-corrected chi connectivity index (χ1v) is 5.85. The van der Waals surface area contributed by atoms with Gasteiger partial charge in [0.2, 0.25) is 5.91 Å². The van der Waals surface area contributed by atoms with Crippen LogP contribution >= 0.6 is 0 Å². The van der Waals surface area contributed by atoms with Crippen LogP contribution in [0, 0.1) is 5.92 Å². The van der Waals surface area contributed by atoms with Gasteiger partial charge in [-0.25, -0.2) is 0 Å². The molecule has 0 unspecified atom stereocenters. The van der Waals surface area contributed by atoms with Gasteiger partial charge >= 0.3 is 0 Å². The number of nitrogens with two attached hydrogens (primary N) is 1. The van der Waals surface area contributed by atoms with Gasteiger partial charge in [0.15, 0.2) is 0 Å². The number of likely N-dealkylation sites (tertiary alicyclic amines) is 1. The Hall–Kier alpha value is -1.56. The minimum atomic E-state index is 0.0597. The summed E-state index contributed by atoms with van der Waals surface area (Å²) in [7, 11) is 0. The van der Waals surface area contributed by atoms with Gasteiger partial charge in [-0.05, 0) is 18.8 Å². The zero-order valence-corrected chi connectivity index (χ0v) is 9.75. The van der Waals surface area contributed by atoms with Crippen molar-refractivity contribution in [1.29, 1.82) is 0 Å². The maximum absolute atomic E-state index is 11.9. The van der Waals surface area contributed by atoms with Crippen LogP contribution in [0.1, 0.15) is 12.8 Å². The van der Waals surface area contributed by atoms with Crippen LogP contribution in [0.5, 0.6) is 0 Å². The molecule has 0 radical (unpaired) electrons. The van der Waals surface area contributed by atoms with Crippen LogP contribution < -0.4 is 5.73 Å². The van der Waals surface area contributed by atoms with Gasteiger partial charge in [0.25, 0.3) is 0 Å². The van der Waals surface area contributed by atoms with Crippen LogP contribution in [0.2, 0.25) is 0 Å². The number of carbonyl (C=O) groups is 1. The van der Waals surface area contributed by atoms with Crippen molar-refractivity contribution in [2.24, 2.45) is 5.92 Å². The van der Waals surface area contributed by atoms with Crippen LogP contribution in [0.3, 0.4) is 0 Å². The average molecular weight is 238 g/mol. The van der Waals surface area contributed by atoms with Crippen LogP contribution in [0.15, 0.2) is 12.4 Å². The third-order valence-electron chi connectivity index (χ3n) is 3.18. The van der Waals surface area contributed by atoms with Crippen molar-refractivity contribution in [1.82, 2.24) is 14.7 Å². The molecule has 1 aliphatic rings. The van der Waals surface area contributed by atoms with E-state index in [2.05, 4.69) is 5.10 Å². The highest BCUT2D eigenvalue weighted by Crippen LogP contribution is 2.16. The summed E-state index contributed by atoms with van der Waals surface area (Å²) in [6, 6.07) is 0. The Bertz CT molecular complexity index is 383. The molecule has 17 heavy (non-hydrogen) atoms. The minimum absolute atomic E-state index is 0.0597. The molecule has 1 aromatic rings. The lowest BCUT2D eigenvalue weighted by Crippen LogP contribution is -2.40. The number of aliphatic hydroxyl groups is 1. The van der Waals surface area contributed by atoms with Crippen LogP contribution in [-0.2, 0) is 11.3 Å². The largest absolute Gasteiger partial charge is 0.396 e. The molecule has 6 heteroatoms. The van der Waals surface area contributed by atoms with Gasteiger partial charge in [-0.1, -0.05) is 0 Å². The zero-order valence-electron chi connectivity index (χ0n) is 9.75. The summed E-state index contributed by atoms with van der Waals surface area (Å²) in [6.45, 7) is 1.90. The summed E-state index contributed by atoms with van der Waals surface area (Å²) in [4.78, 5) is 13.8. The van der Waals surface area contributed by atoms with Gasteiger partial charge in [-0.2, -0.15) is 5.10 Å². The molecule has 1 saturated heterocycles. The van der Waals surface area contributed by atoms with Crippen molar-refractivity contribution < 1.29 is 9.90 Å². The molecular formula is C11H18N4O2. The van der Waals surface area contributed by atoms with E-state index in [0.717, 1.165) is 25.9 Å². The van der Waals surface area contributed by atoms with Crippen molar-refractivity contribution >= 4 is 11.6 Å². The van der Waals surface area contributed by atoms with Gasteiger partial charge in [0.1, 0.15) is 6.54 Å². The van der Waals surface area contributed by atoms with E-state index in [-0.39, 0.29) is 19.1 Å². The van der Waals surface area contributed by atoms with E-state index in [0.29, 0.717) is 11.6 Å². The summed E-state index contributed by atoms with van der Waals surface area (Å²) < 4.78 is 1.55. The first kappa shape index (κ1) is 11.9. The topological polar surface area (TPSA) is 84.4 Å². The molecule has 1 aromatic heterocycles. The van der Waals surface area contributed by atoms with Gasteiger partial charge in [0, 0.05) is 25.9 Å². The second-order valence-corrected chi connectivity index (χ2v) is 4.48. The number of nitrogens with zero attached hydrogens (tertiary/aromatic N) is 3. The van der Waals surface area contributed by atoms with E-state index in [1.807, 2.05) is 4.90 Å². The second-order valence-electron chi connectivity index (χ2n) is 4.48. The van der Waals surface area contributed by atoms with Crippen molar-refractivity contribution in [3.05, 3.63) is 12.4 Å². The number of anilines is 1. The molecular weight excluding hydrogens is 220 g/mol. The van der Waals surface area contributed by atoms with Crippen molar-refractivity contribution in [2.75, 3.05) is 25.4 Å². The van der Waals surface area contributed by atoms with Gasteiger partial charge in [-0.3, -0.25) is 9.48 Å². The number of piperidine rings is 1. The SMILES string of the molecule is Nc1cnn(CC(=O)N2CCC(CO)CC2)c1. The molecule has 0 saturated carbocycles. The number of nitrogen functional groups attached to an aromatic ring is 1. The quantitative estimate of drug-likeness (QED) is 0.757. The Kier molecular flexibility index (Phi) is 3.63. The van der Waals surface area contributed by atoms with E-state index in [1.54, 1.807) is 10.9 Å². The number of aromatic nitrogens is 2. The normalized spacial score (nSPS) is 17.4. The standard InChI is InChI=1S/C11H18N4O2/c12-10-5-13-15(6-10)7-11(17)14-3-1-9(8-16)2-4-14/h5-6,9,16H,1-4,7-8,12H2. The minimum Gasteiger partial charge on any atom is -0.396 e. The average Bonchev–Trinajstić information content (AvgIpc) is 2.75. The molecule has 0 atom stereocenters. The highest BCUT2D eigenvalue weighted by atomic mass is 16.3. The highest BCUT2D eigenvalue weighted by Gasteiger charge is 2.22. The summed E-state index contributed by atoms with van der Waals surface area (Å²) in [5, 5.41) is 13.0. The molecule has 0 bridgehead atoms. The molecule has 1 fully saturated rings. The number of carbonyl (C=O) groups excluding carboxylic acids is 1. The fraction of sp³-hybridized carbons (Fsp3) is 0.636. The zero-order chi connectivity index (χ0) is 12.3. The van der Waals surface area contributed by atoms with Crippen LogP contribution in [0.25, 0.3) is 0 Å². The van der Waals surface area contributed by atoms with Crippen molar-refractivity contribution in [2.45, 2.75) is 19.4 Å². The van der Waals surface area contributed by atoms with E-state index < -0.39 is 0 Å². The molecule has 1 aliphatic heterocycles. The lowest BCUT2D eigenvalue weighted by Gasteiger charge is -2.31. The number of rotatable bonds is 3. The number of aliphatic hydroxyl groups excluding tert-OH is 1. The first-order chi connectivity index (χ1) is 8.19. The monoisotopic (exact) mass is 238 g/mol. The van der Waals surface area contributed by atoms with Crippen molar-refractivity contribution in [3.63, 3.8) is 0 Å². The Labute approximate surface area is 100 Å². The lowest BCUT2D eigenvalue weighted by atomic mass is 9.98. The van der Waals surface area contributed by atoms with Gasteiger partial charge in [0.05, 0.1) is 11.9 Å². The lowest BCUT2D eigenvalue weighted by molar-refractivity contribution is -0.133. The third-order valence-corrected chi connectivity index (χ3v) is 3.18. The van der Waals surface area contributed by atoms with Gasteiger partial charge in [-0.15, -0.1) is 0 Å². The Morgan fingerprint density at radius 2 is 2.24 bits per heavy atom. The first-order valence-electron chi connectivity index (χ1n) is 5.85. The van der Waals surface area contributed by atoms with E-state index in [9.17, 15) is 4.79 Å². The second kappa shape index (κ2) is 5.18. The van der Waals surface area contributed by atoms with E-state index >= 15 is 0 Å². The molecule has 6 nitrogen and oxygen atoms in total. The van der Waals surface area contributed by atoms with Crippen LogP contribution in [0.4, 0.5) is 5.69 Å². The number of hydrogen-bond donors (Lipinski definition) is 2. The molecule has 3 N–H and O–H groups in total. The Morgan fingerprint density at radius 1 is 1.53 bits per heavy atom. The highest BCUT2D eigenvalue weighted by molar-refractivity contribution is 5.76. The predicted molar refractivity (Wildman–Crippen MR) is 63.0 cm³/mol. The number of amides is 1. The summed E-state index contributed by atoms with van der Waals surface area (Å²) >= 11 is 0. The Morgan fingerprint density at radius 3 is 2.76 bits per heavy atom. The molecule has 0 aromatic carbocycles. The summed E-state index contributed by atoms with van der Waals surface area (Å²) in [5.41, 5.74) is 6.10. The maximum Gasteiger partial charge on any atom is 0.244 e. The van der Waals surface area contributed by atoms with Crippen LogP contribution in [-0.4, -0.2) is 45.4 Å². The summed E-state index contributed by atoms with van der Waals surface area (Å²) in [6.07, 6.45) is 4.94. The van der Waals surface area contributed by atoms with E-state index in [1.165, 1.54) is 6.20 Å². The van der Waals surface area contributed by atoms with E-state index in [4.69, 9.17) is 10.8 Å². The molecule has 2 heterocycles. The summed E-state index contributed by atoms with van der Waals surface area (Å²) in [5.74, 6) is 0.406. The maximum atomic E-state index is 11.9. The molecule has 94 valence electrons. The smallest absolute Gasteiger partial charge is 0.244 e. The molecule has 1 amide bonds. The Balaban J connectivity index is 1.85. The fourth-order valence-corrected chi connectivity index (χ4v) is 2.07. The van der Waals surface area contributed by atoms with Gasteiger partial charge < -0.3 is 15.7 Å². The predicted octanol–water partition coefficient (Wildman–Crippen LogP) is -0.304. The molecule has 2 rings (SSSR count). The molecule has 0 spiro atoms. The fourth-order valence-electron chi connectivity index (χ4n) is 2.07. The number of hydrogen-bond acceptors (Lipinski definition) is 4. The molecule has 0 aliphatic carbocycles.